The highest BCUT2D eigenvalue weighted by Crippen LogP contribution is 2.32. The number of aromatic nitrogens is 3. The zero-order valence-electron chi connectivity index (χ0n) is 18.0. The molecular formula is C24H29ClN6O. The molecule has 0 bridgehead atoms. The van der Waals surface area contributed by atoms with E-state index in [1.807, 2.05) is 24.4 Å². The number of hydrogen-bond acceptors (Lipinski definition) is 5. The fourth-order valence-electron chi connectivity index (χ4n) is 4.93. The maximum atomic E-state index is 12.7. The Morgan fingerprint density at radius 3 is 2.78 bits per heavy atom. The van der Waals surface area contributed by atoms with E-state index in [1.54, 1.807) is 6.20 Å². The summed E-state index contributed by atoms with van der Waals surface area (Å²) in [5, 5.41) is 11.7. The number of nitrogens with one attached hydrogen (secondary N) is 4. The van der Waals surface area contributed by atoms with Crippen LogP contribution >= 0.6 is 11.6 Å². The van der Waals surface area contributed by atoms with Crippen LogP contribution in [0.4, 0.5) is 5.95 Å². The predicted molar refractivity (Wildman–Crippen MR) is 128 cm³/mol. The van der Waals surface area contributed by atoms with Crippen LogP contribution in [0.25, 0.3) is 22.2 Å². The van der Waals surface area contributed by atoms with Crippen molar-refractivity contribution in [1.29, 1.82) is 0 Å². The Labute approximate surface area is 192 Å². The Morgan fingerprint density at radius 2 is 1.91 bits per heavy atom. The minimum absolute atomic E-state index is 0.142. The average molecular weight is 453 g/mol. The first-order chi connectivity index (χ1) is 15.7. The molecule has 1 saturated carbocycles. The topological polar surface area (TPSA) is 94.7 Å². The molecule has 2 aliphatic rings. The molecule has 0 radical (unpaired) electrons. The lowest BCUT2D eigenvalue weighted by Crippen LogP contribution is -2.46. The molecule has 2 atom stereocenters. The Morgan fingerprint density at radius 1 is 1.09 bits per heavy atom. The normalized spacial score (nSPS) is 22.0. The van der Waals surface area contributed by atoms with Crippen molar-refractivity contribution in [3.8, 4) is 11.3 Å². The summed E-state index contributed by atoms with van der Waals surface area (Å²) in [5.74, 6) is 0.925. The third-order valence-corrected chi connectivity index (χ3v) is 6.93. The molecule has 1 saturated heterocycles. The van der Waals surface area contributed by atoms with Gasteiger partial charge in [-0.3, -0.25) is 4.79 Å². The van der Waals surface area contributed by atoms with Crippen LogP contribution in [0.15, 0.2) is 36.7 Å². The van der Waals surface area contributed by atoms with E-state index in [1.165, 1.54) is 0 Å². The number of carbonyl (C=O) groups is 1. The van der Waals surface area contributed by atoms with Crippen LogP contribution in [0.1, 0.15) is 38.5 Å². The Balaban J connectivity index is 1.27. The number of rotatable bonds is 5. The van der Waals surface area contributed by atoms with E-state index in [9.17, 15) is 4.79 Å². The molecule has 2 fully saturated rings. The molecule has 5 rings (SSSR count). The van der Waals surface area contributed by atoms with Gasteiger partial charge in [-0.05, 0) is 57.7 Å². The second-order valence-corrected chi connectivity index (χ2v) is 9.28. The molecule has 0 unspecified atom stereocenters. The summed E-state index contributed by atoms with van der Waals surface area (Å²) in [5.41, 5.74) is 2.73. The molecule has 32 heavy (non-hydrogen) atoms. The van der Waals surface area contributed by atoms with Crippen molar-refractivity contribution in [3.05, 3.63) is 41.7 Å². The lowest BCUT2D eigenvalue weighted by Gasteiger charge is -2.32. The van der Waals surface area contributed by atoms with E-state index in [0.29, 0.717) is 16.7 Å². The fraction of sp³-hybridized carbons (Fsp3) is 0.458. The van der Waals surface area contributed by atoms with Crippen molar-refractivity contribution in [2.75, 3.05) is 18.4 Å². The van der Waals surface area contributed by atoms with Gasteiger partial charge in [-0.2, -0.15) is 0 Å². The zero-order valence-corrected chi connectivity index (χ0v) is 18.8. The zero-order chi connectivity index (χ0) is 21.9. The number of aromatic amines is 1. The smallest absolute Gasteiger partial charge is 0.223 e. The number of fused-ring (bicyclic) bond motifs is 1. The van der Waals surface area contributed by atoms with Gasteiger partial charge in [-0.25, -0.2) is 9.97 Å². The number of para-hydroxylation sites is 1. The standard InChI is InChI=1S/C24H29ClN6O/c25-20-14-28-24(31-22(20)19-13-27-21-7-2-1-6-18(19)21)30-17-5-3-4-16(12-17)29-23(32)15-8-10-26-11-9-15/h1-2,6-7,13-17,26-27H,3-5,8-12H2,(H,29,32)(H,28,30,31)/t16-,17+/m0/s1. The Hall–Kier alpha value is -2.64. The van der Waals surface area contributed by atoms with E-state index in [-0.39, 0.29) is 23.9 Å². The van der Waals surface area contributed by atoms with Crippen LogP contribution in [-0.2, 0) is 4.79 Å². The lowest BCUT2D eigenvalue weighted by atomic mass is 9.89. The van der Waals surface area contributed by atoms with Crippen LogP contribution in [0.5, 0.6) is 0 Å². The number of halogens is 1. The molecule has 8 heteroatoms. The lowest BCUT2D eigenvalue weighted by molar-refractivity contribution is -0.126. The van der Waals surface area contributed by atoms with Gasteiger partial charge >= 0.3 is 0 Å². The highest BCUT2D eigenvalue weighted by atomic mass is 35.5. The maximum Gasteiger partial charge on any atom is 0.223 e. The number of anilines is 1. The first kappa shape index (κ1) is 21.2. The minimum Gasteiger partial charge on any atom is -0.360 e. The largest absolute Gasteiger partial charge is 0.360 e. The van der Waals surface area contributed by atoms with Gasteiger partial charge in [0.25, 0.3) is 0 Å². The summed E-state index contributed by atoms with van der Waals surface area (Å²) in [6, 6.07) is 8.52. The monoisotopic (exact) mass is 452 g/mol. The maximum absolute atomic E-state index is 12.7. The number of benzene rings is 1. The summed E-state index contributed by atoms with van der Waals surface area (Å²) in [4.78, 5) is 25.1. The van der Waals surface area contributed by atoms with Crippen molar-refractivity contribution < 1.29 is 4.79 Å². The Kier molecular flexibility index (Phi) is 6.28. The van der Waals surface area contributed by atoms with Gasteiger partial charge in [0.05, 0.1) is 16.9 Å². The number of H-pyrrole nitrogens is 1. The van der Waals surface area contributed by atoms with Gasteiger partial charge < -0.3 is 20.9 Å². The first-order valence-corrected chi connectivity index (χ1v) is 11.9. The number of amides is 1. The molecule has 0 spiro atoms. The van der Waals surface area contributed by atoms with Gasteiger partial charge in [0.1, 0.15) is 0 Å². The summed E-state index contributed by atoms with van der Waals surface area (Å²) in [7, 11) is 0. The highest BCUT2D eigenvalue weighted by molar-refractivity contribution is 6.33. The molecule has 2 aromatic heterocycles. The van der Waals surface area contributed by atoms with Crippen LogP contribution < -0.4 is 16.0 Å². The Bertz CT molecular complexity index is 1090. The SMILES string of the molecule is O=C(N[C@H]1CCC[C@@H](Nc2ncc(Cl)c(-c3c[nH]c4ccccc34)n2)C1)C1CCNCC1. The van der Waals surface area contributed by atoms with E-state index >= 15 is 0 Å². The van der Waals surface area contributed by atoms with Gasteiger partial charge in [-0.1, -0.05) is 29.8 Å². The summed E-state index contributed by atoms with van der Waals surface area (Å²) >= 11 is 6.47. The third kappa shape index (κ3) is 4.59. The van der Waals surface area contributed by atoms with Crippen LogP contribution in [0.3, 0.4) is 0 Å². The second-order valence-electron chi connectivity index (χ2n) is 8.88. The first-order valence-electron chi connectivity index (χ1n) is 11.5. The van der Waals surface area contributed by atoms with Crippen molar-refractivity contribution in [1.82, 2.24) is 25.6 Å². The van der Waals surface area contributed by atoms with Crippen molar-refractivity contribution >= 4 is 34.4 Å². The minimum atomic E-state index is 0.142. The highest BCUT2D eigenvalue weighted by Gasteiger charge is 2.27. The number of carbonyl (C=O) groups excluding carboxylic acids is 1. The van der Waals surface area contributed by atoms with Crippen molar-refractivity contribution in [2.45, 2.75) is 50.6 Å². The average Bonchev–Trinajstić information content (AvgIpc) is 3.25. The third-order valence-electron chi connectivity index (χ3n) is 6.65. The van der Waals surface area contributed by atoms with Gasteiger partial charge in [0, 0.05) is 40.7 Å². The van der Waals surface area contributed by atoms with E-state index in [4.69, 9.17) is 16.6 Å². The fourth-order valence-corrected chi connectivity index (χ4v) is 5.12. The van der Waals surface area contributed by atoms with Crippen molar-refractivity contribution in [3.63, 3.8) is 0 Å². The quantitative estimate of drug-likeness (QED) is 0.467. The predicted octanol–water partition coefficient (Wildman–Crippen LogP) is 4.12. The molecule has 168 valence electrons. The number of piperidine rings is 1. The van der Waals surface area contributed by atoms with Gasteiger partial charge in [0.15, 0.2) is 0 Å². The molecule has 1 aromatic carbocycles. The van der Waals surface area contributed by atoms with Crippen molar-refractivity contribution in [2.24, 2.45) is 5.92 Å². The molecule has 3 heterocycles. The van der Waals surface area contributed by atoms with E-state index in [2.05, 4.69) is 32.0 Å². The van der Waals surface area contributed by atoms with E-state index in [0.717, 1.165) is 68.1 Å². The molecule has 1 aliphatic heterocycles. The number of hydrogen-bond donors (Lipinski definition) is 4. The molecule has 7 nitrogen and oxygen atoms in total. The van der Waals surface area contributed by atoms with Crippen LogP contribution in [0.2, 0.25) is 5.02 Å². The molecule has 1 amide bonds. The number of nitrogens with zero attached hydrogens (tertiary/aromatic N) is 2. The summed E-state index contributed by atoms with van der Waals surface area (Å²) < 4.78 is 0. The van der Waals surface area contributed by atoms with E-state index < -0.39 is 0 Å². The molecule has 3 aromatic rings. The molecule has 4 N–H and O–H groups in total. The van der Waals surface area contributed by atoms with Gasteiger partial charge in [0.2, 0.25) is 11.9 Å². The molecule has 1 aliphatic carbocycles. The summed E-state index contributed by atoms with van der Waals surface area (Å²) in [6.07, 6.45) is 9.46. The van der Waals surface area contributed by atoms with Crippen LogP contribution in [0, 0.1) is 5.92 Å². The van der Waals surface area contributed by atoms with Gasteiger partial charge in [-0.15, -0.1) is 0 Å². The second kappa shape index (κ2) is 9.46. The summed E-state index contributed by atoms with van der Waals surface area (Å²) in [6.45, 7) is 1.86. The van der Waals surface area contributed by atoms with Crippen LogP contribution in [-0.4, -0.2) is 46.0 Å². The molecular weight excluding hydrogens is 424 g/mol.